The van der Waals surface area contributed by atoms with E-state index >= 15 is 0 Å². The Kier molecular flexibility index (Phi) is 5.87. The number of nitrogens with zero attached hydrogens (tertiary/aromatic N) is 3. The van der Waals surface area contributed by atoms with Crippen LogP contribution in [0.1, 0.15) is 48.9 Å². The van der Waals surface area contributed by atoms with Gasteiger partial charge in [-0.2, -0.15) is 5.26 Å². The number of aryl methyl sites for hydroxylation is 1. The number of fused-ring (bicyclic) bond motifs is 1. The predicted molar refractivity (Wildman–Crippen MR) is 127 cm³/mol. The van der Waals surface area contributed by atoms with Gasteiger partial charge in [-0.1, -0.05) is 24.3 Å². The van der Waals surface area contributed by atoms with E-state index in [-0.39, 0.29) is 6.10 Å². The van der Waals surface area contributed by atoms with Gasteiger partial charge in [-0.25, -0.2) is 9.97 Å². The molecule has 2 aromatic carbocycles. The van der Waals surface area contributed by atoms with Crippen molar-refractivity contribution >= 4 is 11.5 Å². The molecule has 1 heterocycles. The number of anilines is 2. The molecule has 33 heavy (non-hydrogen) atoms. The van der Waals surface area contributed by atoms with E-state index in [1.807, 2.05) is 48.5 Å². The van der Waals surface area contributed by atoms with Crippen molar-refractivity contribution in [3.8, 4) is 17.6 Å². The van der Waals surface area contributed by atoms with E-state index in [1.54, 1.807) is 13.4 Å². The lowest BCUT2D eigenvalue weighted by atomic mass is 9.69. The molecule has 1 N–H and O–H groups in total. The summed E-state index contributed by atoms with van der Waals surface area (Å²) in [6.45, 7) is 0. The molecule has 0 radical (unpaired) electrons. The quantitative estimate of drug-likeness (QED) is 0.545. The molecule has 6 nitrogen and oxygen atoms in total. The number of rotatable bonds is 6. The molecule has 0 aliphatic heterocycles. The van der Waals surface area contributed by atoms with Crippen LogP contribution in [0.4, 0.5) is 11.5 Å². The molecule has 0 saturated heterocycles. The highest BCUT2D eigenvalue weighted by molar-refractivity contribution is 5.61. The first-order chi connectivity index (χ1) is 16.2. The van der Waals surface area contributed by atoms with Crippen molar-refractivity contribution < 1.29 is 9.47 Å². The summed E-state index contributed by atoms with van der Waals surface area (Å²) < 4.78 is 11.9. The molecular weight excluding hydrogens is 412 g/mol. The van der Waals surface area contributed by atoms with Crippen LogP contribution in [-0.2, 0) is 18.3 Å². The first-order valence-electron chi connectivity index (χ1n) is 11.6. The fourth-order valence-electron chi connectivity index (χ4n) is 5.00. The van der Waals surface area contributed by atoms with E-state index < -0.39 is 5.41 Å². The van der Waals surface area contributed by atoms with Crippen LogP contribution in [0.3, 0.4) is 0 Å². The summed E-state index contributed by atoms with van der Waals surface area (Å²) in [5, 5.41) is 13.8. The minimum absolute atomic E-state index is 0.217. The van der Waals surface area contributed by atoms with Crippen molar-refractivity contribution in [2.75, 3.05) is 12.4 Å². The molecule has 0 spiro atoms. The van der Waals surface area contributed by atoms with Crippen LogP contribution in [0.15, 0.2) is 54.9 Å². The monoisotopic (exact) mass is 440 g/mol. The number of hydrogen-bond donors (Lipinski definition) is 1. The molecule has 0 amide bonds. The van der Waals surface area contributed by atoms with Gasteiger partial charge in [0.25, 0.3) is 0 Å². The first-order valence-corrected chi connectivity index (χ1v) is 11.6. The Morgan fingerprint density at radius 2 is 1.88 bits per heavy atom. The number of methoxy groups -OCH3 is 1. The molecule has 2 aliphatic rings. The summed E-state index contributed by atoms with van der Waals surface area (Å²) in [7, 11) is 1.66. The third-order valence-corrected chi connectivity index (χ3v) is 6.86. The minimum Gasteiger partial charge on any atom is -0.493 e. The number of nitriles is 1. The van der Waals surface area contributed by atoms with Crippen LogP contribution < -0.4 is 14.8 Å². The zero-order valence-corrected chi connectivity index (χ0v) is 18.9. The highest BCUT2D eigenvalue weighted by Crippen LogP contribution is 2.43. The Balaban J connectivity index is 1.49. The summed E-state index contributed by atoms with van der Waals surface area (Å²) in [5.74, 6) is 2.21. The van der Waals surface area contributed by atoms with Crippen molar-refractivity contribution in [2.45, 2.75) is 56.5 Å². The van der Waals surface area contributed by atoms with E-state index in [4.69, 9.17) is 9.47 Å². The van der Waals surface area contributed by atoms with Crippen molar-refractivity contribution in [3.05, 3.63) is 71.7 Å². The first kappa shape index (κ1) is 21.3. The predicted octanol–water partition coefficient (Wildman–Crippen LogP) is 5.50. The van der Waals surface area contributed by atoms with E-state index in [0.717, 1.165) is 53.3 Å². The van der Waals surface area contributed by atoms with Crippen LogP contribution >= 0.6 is 0 Å². The van der Waals surface area contributed by atoms with Gasteiger partial charge in [-0.3, -0.25) is 0 Å². The van der Waals surface area contributed by atoms with Gasteiger partial charge in [-0.05, 0) is 68.4 Å². The Bertz CT molecular complexity index is 1170. The molecule has 0 bridgehead atoms. The number of para-hydroxylation sites is 1. The average molecular weight is 441 g/mol. The Morgan fingerprint density at radius 1 is 1.06 bits per heavy atom. The van der Waals surface area contributed by atoms with E-state index in [1.165, 1.54) is 12.8 Å². The van der Waals surface area contributed by atoms with Crippen molar-refractivity contribution in [1.82, 2.24) is 9.97 Å². The molecule has 168 valence electrons. The Labute approximate surface area is 194 Å². The smallest absolute Gasteiger partial charge is 0.161 e. The second-order valence-electron chi connectivity index (χ2n) is 8.90. The van der Waals surface area contributed by atoms with E-state index in [9.17, 15) is 5.26 Å². The van der Waals surface area contributed by atoms with Gasteiger partial charge in [-0.15, -0.1) is 0 Å². The summed E-state index contributed by atoms with van der Waals surface area (Å²) in [4.78, 5) is 9.04. The van der Waals surface area contributed by atoms with Crippen LogP contribution in [0.25, 0.3) is 0 Å². The molecule has 1 saturated carbocycles. The zero-order chi connectivity index (χ0) is 22.7. The van der Waals surface area contributed by atoms with Crippen molar-refractivity contribution in [1.29, 1.82) is 5.26 Å². The van der Waals surface area contributed by atoms with Crippen LogP contribution in [0, 0.1) is 11.3 Å². The third-order valence-electron chi connectivity index (χ3n) is 6.86. The summed E-state index contributed by atoms with van der Waals surface area (Å²) in [6, 6.07) is 18.6. The second-order valence-corrected chi connectivity index (χ2v) is 8.90. The van der Waals surface area contributed by atoms with Gasteiger partial charge >= 0.3 is 0 Å². The molecule has 5 rings (SSSR count). The normalized spacial score (nSPS) is 20.0. The largest absolute Gasteiger partial charge is 0.493 e. The van der Waals surface area contributed by atoms with Crippen molar-refractivity contribution in [2.24, 2.45) is 0 Å². The van der Waals surface area contributed by atoms with E-state index in [0.29, 0.717) is 18.6 Å². The summed E-state index contributed by atoms with van der Waals surface area (Å²) >= 11 is 0. The maximum absolute atomic E-state index is 10.4. The fraction of sp³-hybridized carbons (Fsp3) is 0.370. The summed E-state index contributed by atoms with van der Waals surface area (Å²) in [6.07, 6.45) is 8.31. The molecule has 2 aliphatic carbocycles. The topological polar surface area (TPSA) is 80.1 Å². The number of ether oxygens (including phenoxy) is 2. The molecular formula is C27H28N4O2. The third kappa shape index (κ3) is 4.23. The lowest BCUT2D eigenvalue weighted by Crippen LogP contribution is -2.33. The summed E-state index contributed by atoms with van der Waals surface area (Å²) in [5.41, 5.74) is 3.25. The SMILES string of the molecule is COc1ccc(C2(C#N)CCc3ncnc(Nc4ccccc4)c3C2)cc1OC1CCCC1. The van der Waals surface area contributed by atoms with E-state index in [2.05, 4.69) is 21.4 Å². The maximum Gasteiger partial charge on any atom is 0.161 e. The highest BCUT2D eigenvalue weighted by Gasteiger charge is 2.39. The van der Waals surface area contributed by atoms with Gasteiger partial charge in [0.05, 0.1) is 24.7 Å². The molecule has 3 aromatic rings. The number of hydrogen-bond acceptors (Lipinski definition) is 6. The lowest BCUT2D eigenvalue weighted by molar-refractivity contribution is 0.200. The van der Waals surface area contributed by atoms with Crippen LogP contribution in [-0.4, -0.2) is 23.2 Å². The average Bonchev–Trinajstić information content (AvgIpc) is 3.38. The van der Waals surface area contributed by atoms with Gasteiger partial charge < -0.3 is 14.8 Å². The Morgan fingerprint density at radius 3 is 2.64 bits per heavy atom. The highest BCUT2D eigenvalue weighted by atomic mass is 16.5. The molecule has 1 unspecified atom stereocenters. The zero-order valence-electron chi connectivity index (χ0n) is 18.9. The molecule has 6 heteroatoms. The maximum atomic E-state index is 10.4. The number of aromatic nitrogens is 2. The second kappa shape index (κ2) is 9.11. The Hall–Kier alpha value is -3.59. The molecule has 1 aromatic heterocycles. The van der Waals surface area contributed by atoms with Crippen LogP contribution in [0.5, 0.6) is 11.5 Å². The fourth-order valence-corrected chi connectivity index (χ4v) is 5.00. The number of nitrogens with one attached hydrogen (secondary N) is 1. The standard InChI is InChI=1S/C27H28N4O2/c1-32-24-12-11-19(15-25(24)33-21-9-5-6-10-21)27(17-28)14-13-23-22(16-27)26(30-18-29-23)31-20-7-3-2-4-8-20/h2-4,7-8,11-12,15,18,21H,5-6,9-10,13-14,16H2,1H3,(H,29,30,31). The van der Waals surface area contributed by atoms with Gasteiger partial charge in [0.1, 0.15) is 12.1 Å². The molecule has 1 atom stereocenters. The molecule has 1 fully saturated rings. The van der Waals surface area contributed by atoms with Crippen LogP contribution in [0.2, 0.25) is 0 Å². The number of benzene rings is 2. The van der Waals surface area contributed by atoms with Gasteiger partial charge in [0, 0.05) is 23.4 Å². The minimum atomic E-state index is -0.676. The van der Waals surface area contributed by atoms with Crippen molar-refractivity contribution in [3.63, 3.8) is 0 Å². The van der Waals surface area contributed by atoms with Gasteiger partial charge in [0.2, 0.25) is 0 Å². The van der Waals surface area contributed by atoms with Gasteiger partial charge in [0.15, 0.2) is 11.5 Å². The lowest BCUT2D eigenvalue weighted by Gasteiger charge is -2.33.